The Morgan fingerprint density at radius 3 is 2.62 bits per heavy atom. The number of halogens is 2. The molecular formula is C15H11F2NO3. The van der Waals surface area contributed by atoms with Gasteiger partial charge < -0.3 is 10.1 Å². The van der Waals surface area contributed by atoms with Crippen molar-refractivity contribution in [2.45, 2.75) is 12.5 Å². The number of carbonyl (C=O) groups excluding carboxylic acids is 2. The van der Waals surface area contributed by atoms with Gasteiger partial charge in [-0.05, 0) is 30.2 Å². The van der Waals surface area contributed by atoms with E-state index in [0.717, 1.165) is 0 Å². The topological polar surface area (TPSA) is 55.4 Å². The van der Waals surface area contributed by atoms with Crippen LogP contribution in [0, 0.1) is 11.2 Å². The lowest BCUT2D eigenvalue weighted by Crippen LogP contribution is -2.59. The highest BCUT2D eigenvalue weighted by molar-refractivity contribution is 5.94. The fourth-order valence-electron chi connectivity index (χ4n) is 2.63. The van der Waals surface area contributed by atoms with Crippen LogP contribution in [0.5, 0.6) is 0 Å². The van der Waals surface area contributed by atoms with E-state index in [9.17, 15) is 18.4 Å². The number of hydrogen-bond donors (Lipinski definition) is 1. The zero-order valence-electron chi connectivity index (χ0n) is 10.8. The first-order valence-electron chi connectivity index (χ1n) is 6.34. The smallest absolute Gasteiger partial charge is 0.375 e. The van der Waals surface area contributed by atoms with Crippen LogP contribution in [0.3, 0.4) is 0 Å². The second-order valence-electron chi connectivity index (χ2n) is 4.97. The van der Waals surface area contributed by atoms with E-state index in [0.29, 0.717) is 5.56 Å². The minimum Gasteiger partial charge on any atom is -0.375 e. The molecule has 1 aliphatic heterocycles. The maximum absolute atomic E-state index is 14.4. The number of fused-ring (bicyclic) bond motifs is 1. The summed E-state index contributed by atoms with van der Waals surface area (Å²) < 4.78 is 31.9. The minimum atomic E-state index is -1.64. The SMILES string of the molecule is O=C1NC2C=CC=C(F)C2(Cc2ccc(F)cc2)C(=O)O1. The van der Waals surface area contributed by atoms with Gasteiger partial charge in [0.1, 0.15) is 17.1 Å². The van der Waals surface area contributed by atoms with Crippen molar-refractivity contribution in [1.29, 1.82) is 0 Å². The van der Waals surface area contributed by atoms with Gasteiger partial charge in [-0.3, -0.25) is 4.79 Å². The third-order valence-electron chi connectivity index (χ3n) is 3.72. The molecular weight excluding hydrogens is 280 g/mol. The van der Waals surface area contributed by atoms with Crippen molar-refractivity contribution >= 4 is 12.1 Å². The van der Waals surface area contributed by atoms with Crippen LogP contribution in [-0.4, -0.2) is 18.1 Å². The van der Waals surface area contributed by atoms with Gasteiger partial charge in [-0.2, -0.15) is 0 Å². The predicted molar refractivity (Wildman–Crippen MR) is 69.3 cm³/mol. The normalized spacial score (nSPS) is 27.5. The Kier molecular flexibility index (Phi) is 3.08. The van der Waals surface area contributed by atoms with Crippen molar-refractivity contribution in [1.82, 2.24) is 5.32 Å². The molecule has 1 N–H and O–H groups in total. The zero-order valence-corrected chi connectivity index (χ0v) is 10.8. The lowest BCUT2D eigenvalue weighted by atomic mass is 9.71. The van der Waals surface area contributed by atoms with Crippen LogP contribution in [0.25, 0.3) is 0 Å². The van der Waals surface area contributed by atoms with E-state index in [4.69, 9.17) is 0 Å². The van der Waals surface area contributed by atoms with Gasteiger partial charge in [0.15, 0.2) is 0 Å². The number of alkyl carbamates (subject to hydrolysis) is 1. The van der Waals surface area contributed by atoms with Gasteiger partial charge in [0.2, 0.25) is 0 Å². The second-order valence-corrected chi connectivity index (χ2v) is 4.97. The summed E-state index contributed by atoms with van der Waals surface area (Å²) in [5.74, 6) is -2.06. The van der Waals surface area contributed by atoms with Crippen molar-refractivity contribution in [3.05, 3.63) is 59.7 Å². The number of carbonyl (C=O) groups is 2. The monoisotopic (exact) mass is 291 g/mol. The summed E-state index contributed by atoms with van der Waals surface area (Å²) in [6.45, 7) is 0. The molecule has 6 heteroatoms. The molecule has 1 amide bonds. The van der Waals surface area contributed by atoms with Gasteiger partial charge in [-0.1, -0.05) is 24.3 Å². The lowest BCUT2D eigenvalue weighted by molar-refractivity contribution is -0.152. The second kappa shape index (κ2) is 4.80. The number of amides is 1. The summed E-state index contributed by atoms with van der Waals surface area (Å²) in [4.78, 5) is 23.5. The van der Waals surface area contributed by atoms with Gasteiger partial charge in [0.25, 0.3) is 0 Å². The summed E-state index contributed by atoms with van der Waals surface area (Å²) >= 11 is 0. The lowest BCUT2D eigenvalue weighted by Gasteiger charge is -2.40. The first-order chi connectivity index (χ1) is 10.0. The number of rotatable bonds is 2. The van der Waals surface area contributed by atoms with Crippen molar-refractivity contribution in [3.63, 3.8) is 0 Å². The van der Waals surface area contributed by atoms with Crippen molar-refractivity contribution < 1.29 is 23.1 Å². The molecule has 0 spiro atoms. The highest BCUT2D eigenvalue weighted by atomic mass is 19.1. The van der Waals surface area contributed by atoms with Crippen molar-refractivity contribution in [3.8, 4) is 0 Å². The average Bonchev–Trinajstić information content (AvgIpc) is 2.44. The third kappa shape index (κ3) is 2.12. The van der Waals surface area contributed by atoms with E-state index in [1.54, 1.807) is 0 Å². The molecule has 21 heavy (non-hydrogen) atoms. The maximum atomic E-state index is 14.4. The van der Waals surface area contributed by atoms with Crippen molar-refractivity contribution in [2.75, 3.05) is 0 Å². The summed E-state index contributed by atoms with van der Waals surface area (Å²) in [6, 6.07) is 4.57. The molecule has 1 fully saturated rings. The summed E-state index contributed by atoms with van der Waals surface area (Å²) in [6.07, 6.45) is 3.19. The molecule has 0 radical (unpaired) electrons. The van der Waals surface area contributed by atoms with Gasteiger partial charge in [-0.25, -0.2) is 13.6 Å². The number of hydrogen-bond acceptors (Lipinski definition) is 3. The van der Waals surface area contributed by atoms with Crippen LogP contribution in [0.2, 0.25) is 0 Å². The molecule has 0 aromatic heterocycles. The van der Waals surface area contributed by atoms with E-state index in [2.05, 4.69) is 10.1 Å². The Balaban J connectivity index is 2.02. The van der Waals surface area contributed by atoms with E-state index in [-0.39, 0.29) is 6.42 Å². The van der Waals surface area contributed by atoms with Gasteiger partial charge >= 0.3 is 12.1 Å². The third-order valence-corrected chi connectivity index (χ3v) is 3.72. The minimum absolute atomic E-state index is 0.0380. The number of nitrogens with one attached hydrogen (secondary N) is 1. The van der Waals surface area contributed by atoms with Crippen LogP contribution in [0.15, 0.2) is 48.3 Å². The molecule has 2 unspecified atom stereocenters. The molecule has 1 aromatic carbocycles. The Morgan fingerprint density at radius 1 is 1.19 bits per heavy atom. The van der Waals surface area contributed by atoms with E-state index in [1.165, 1.54) is 42.5 Å². The molecule has 1 saturated heterocycles. The van der Waals surface area contributed by atoms with E-state index in [1.807, 2.05) is 0 Å². The molecule has 108 valence electrons. The van der Waals surface area contributed by atoms with Crippen LogP contribution in [-0.2, 0) is 16.0 Å². The Hall–Kier alpha value is -2.50. The molecule has 1 heterocycles. The molecule has 0 bridgehead atoms. The summed E-state index contributed by atoms with van der Waals surface area (Å²) in [5, 5.41) is 2.43. The van der Waals surface area contributed by atoms with Crippen molar-refractivity contribution in [2.24, 2.45) is 5.41 Å². The van der Waals surface area contributed by atoms with Crippen LogP contribution < -0.4 is 5.32 Å². The summed E-state index contributed by atoms with van der Waals surface area (Å²) in [5.41, 5.74) is -1.08. The predicted octanol–water partition coefficient (Wildman–Crippen LogP) is 2.41. The van der Waals surface area contributed by atoms with E-state index >= 15 is 0 Å². The number of allylic oxidation sites excluding steroid dienone is 2. The van der Waals surface area contributed by atoms with Gasteiger partial charge in [-0.15, -0.1) is 0 Å². The number of esters is 1. The molecule has 0 saturated carbocycles. The molecule has 3 rings (SSSR count). The average molecular weight is 291 g/mol. The summed E-state index contributed by atoms with van der Waals surface area (Å²) in [7, 11) is 0. The molecule has 4 nitrogen and oxygen atoms in total. The van der Waals surface area contributed by atoms with Crippen LogP contribution >= 0.6 is 0 Å². The largest absolute Gasteiger partial charge is 0.415 e. The Morgan fingerprint density at radius 2 is 1.90 bits per heavy atom. The fourth-order valence-corrected chi connectivity index (χ4v) is 2.63. The number of ether oxygens (including phenoxy) is 1. The van der Waals surface area contributed by atoms with Gasteiger partial charge in [0, 0.05) is 0 Å². The highest BCUT2D eigenvalue weighted by Gasteiger charge is 2.55. The first kappa shape index (κ1) is 13.5. The van der Waals surface area contributed by atoms with Crippen LogP contribution in [0.4, 0.5) is 13.6 Å². The van der Waals surface area contributed by atoms with Gasteiger partial charge in [0.05, 0.1) is 6.04 Å². The van der Waals surface area contributed by atoms with E-state index < -0.39 is 35.2 Å². The highest BCUT2D eigenvalue weighted by Crippen LogP contribution is 2.42. The Bertz CT molecular complexity index is 666. The molecule has 2 atom stereocenters. The fraction of sp³-hybridized carbons (Fsp3) is 0.200. The number of cyclic esters (lactones) is 2. The quantitative estimate of drug-likeness (QED) is 0.672. The Labute approximate surface area is 119 Å². The molecule has 2 aliphatic rings. The molecule has 1 aromatic rings. The standard InChI is InChI=1S/C15H11F2NO3/c16-10-6-4-9(5-7-10)8-15-11(17)2-1-3-12(15)18-14(20)21-13(15)19/h1-7,12H,8H2,(H,18,20). The zero-order chi connectivity index (χ0) is 15.0. The van der Waals surface area contributed by atoms with Crippen LogP contribution in [0.1, 0.15) is 5.56 Å². The first-order valence-corrected chi connectivity index (χ1v) is 6.34. The molecule has 1 aliphatic carbocycles. The maximum Gasteiger partial charge on any atom is 0.415 e. The number of benzene rings is 1.